The smallest absolute Gasteiger partial charge is 0.440 e. The van der Waals surface area contributed by atoms with Crippen molar-refractivity contribution in [3.05, 3.63) is 54.6 Å². The van der Waals surface area contributed by atoms with Gasteiger partial charge in [-0.05, 0) is 24.3 Å². The highest BCUT2D eigenvalue weighted by atomic mass is 32.2. The third-order valence-electron chi connectivity index (χ3n) is 2.95. The normalized spacial score (nSPS) is 11.5. The number of hydrogen-bond acceptors (Lipinski definition) is 5. The summed E-state index contributed by atoms with van der Waals surface area (Å²) in [5, 5.41) is 9.42. The summed E-state index contributed by atoms with van der Waals surface area (Å²) < 4.78 is 29.0. The molecule has 0 spiro atoms. The summed E-state index contributed by atoms with van der Waals surface area (Å²) in [5.74, 6) is -0.252. The van der Waals surface area contributed by atoms with Crippen molar-refractivity contribution in [3.8, 4) is 0 Å². The van der Waals surface area contributed by atoms with E-state index in [0.717, 1.165) is 0 Å². The van der Waals surface area contributed by atoms with Crippen LogP contribution in [0.3, 0.4) is 0 Å². The number of H-pyrrole nitrogens is 1. The molecule has 3 aromatic rings. The second kappa shape index (κ2) is 5.71. The maximum atomic E-state index is 12.2. The van der Waals surface area contributed by atoms with Gasteiger partial charge in [-0.2, -0.15) is 8.42 Å². The molecule has 0 aliphatic heterocycles. The van der Waals surface area contributed by atoms with Gasteiger partial charge in [-0.15, -0.1) is 4.28 Å². The van der Waals surface area contributed by atoms with E-state index in [1.54, 1.807) is 30.3 Å². The fourth-order valence-corrected chi connectivity index (χ4v) is 2.83. The van der Waals surface area contributed by atoms with E-state index < -0.39 is 16.2 Å². The first-order valence-electron chi connectivity index (χ1n) is 6.45. The van der Waals surface area contributed by atoms with E-state index in [2.05, 4.69) is 9.97 Å². The van der Waals surface area contributed by atoms with Crippen LogP contribution in [0.1, 0.15) is 0 Å². The zero-order valence-electron chi connectivity index (χ0n) is 11.6. The standard InChI is InChI=1S/C14H11N3O5S/c18-14(19)17(13-15-11-8-4-5-9-12(11)16-13)22-23(20,21)10-6-2-1-3-7-10/h1-9H,(H,15,16)(H,18,19). The number of imidazole rings is 1. The fraction of sp³-hybridized carbons (Fsp3) is 0. The van der Waals surface area contributed by atoms with Gasteiger partial charge in [0.1, 0.15) is 0 Å². The van der Waals surface area contributed by atoms with E-state index in [4.69, 9.17) is 4.28 Å². The predicted molar refractivity (Wildman–Crippen MR) is 81.3 cm³/mol. The Morgan fingerprint density at radius 3 is 2.39 bits per heavy atom. The van der Waals surface area contributed by atoms with Crippen molar-refractivity contribution in [1.29, 1.82) is 0 Å². The SMILES string of the molecule is O=C(O)N(OS(=O)(=O)c1ccccc1)c1nc2ccccc2[nH]1. The van der Waals surface area contributed by atoms with E-state index in [1.165, 1.54) is 24.3 Å². The van der Waals surface area contributed by atoms with E-state index in [0.29, 0.717) is 11.0 Å². The van der Waals surface area contributed by atoms with Gasteiger partial charge in [-0.1, -0.05) is 35.4 Å². The molecule has 0 fully saturated rings. The number of para-hydroxylation sites is 2. The van der Waals surface area contributed by atoms with E-state index in [1.807, 2.05) is 0 Å². The van der Waals surface area contributed by atoms with Gasteiger partial charge in [0.2, 0.25) is 5.95 Å². The van der Waals surface area contributed by atoms with Crippen molar-refractivity contribution in [2.45, 2.75) is 4.90 Å². The minimum absolute atomic E-state index is 0.164. The molecule has 118 valence electrons. The Bertz CT molecular complexity index is 920. The molecule has 0 unspecified atom stereocenters. The van der Waals surface area contributed by atoms with Crippen molar-refractivity contribution in [3.63, 3.8) is 0 Å². The molecule has 0 aliphatic rings. The molecule has 2 N–H and O–H groups in total. The summed E-state index contributed by atoms with van der Waals surface area (Å²) in [6, 6.07) is 14.0. The van der Waals surface area contributed by atoms with Crippen LogP contribution >= 0.6 is 0 Å². The van der Waals surface area contributed by atoms with Gasteiger partial charge in [0.25, 0.3) is 0 Å². The topological polar surface area (TPSA) is 113 Å². The molecule has 1 heterocycles. The van der Waals surface area contributed by atoms with Crippen LogP contribution < -0.4 is 5.06 Å². The monoisotopic (exact) mass is 333 g/mol. The Balaban J connectivity index is 1.98. The molecular weight excluding hydrogens is 322 g/mol. The van der Waals surface area contributed by atoms with Crippen LogP contribution in [0.25, 0.3) is 11.0 Å². The van der Waals surface area contributed by atoms with Crippen LogP contribution in [0.2, 0.25) is 0 Å². The van der Waals surface area contributed by atoms with Gasteiger partial charge in [-0.3, -0.25) is 0 Å². The molecule has 0 atom stereocenters. The summed E-state index contributed by atoms with van der Waals surface area (Å²) in [4.78, 5) is 17.9. The number of carbonyl (C=O) groups is 1. The molecule has 1 amide bonds. The van der Waals surface area contributed by atoms with E-state index in [-0.39, 0.29) is 15.9 Å². The lowest BCUT2D eigenvalue weighted by Gasteiger charge is -2.14. The molecule has 23 heavy (non-hydrogen) atoms. The summed E-state index contributed by atoms with van der Waals surface area (Å²) >= 11 is 0. The van der Waals surface area contributed by atoms with Crippen LogP contribution in [0.15, 0.2) is 59.5 Å². The van der Waals surface area contributed by atoms with Gasteiger partial charge in [-0.25, -0.2) is 9.78 Å². The highest BCUT2D eigenvalue weighted by Gasteiger charge is 2.28. The highest BCUT2D eigenvalue weighted by molar-refractivity contribution is 7.86. The minimum Gasteiger partial charge on any atom is -0.463 e. The van der Waals surface area contributed by atoms with Gasteiger partial charge < -0.3 is 10.1 Å². The first-order chi connectivity index (χ1) is 11.0. The molecule has 0 saturated carbocycles. The Kier molecular flexibility index (Phi) is 3.72. The van der Waals surface area contributed by atoms with Crippen LogP contribution in [0, 0.1) is 0 Å². The first kappa shape index (κ1) is 15.0. The molecule has 8 nitrogen and oxygen atoms in total. The maximum absolute atomic E-state index is 12.2. The number of hydroxylamine groups is 1. The molecule has 0 radical (unpaired) electrons. The number of aromatic nitrogens is 2. The van der Waals surface area contributed by atoms with Crippen LogP contribution in [-0.2, 0) is 14.4 Å². The summed E-state index contributed by atoms with van der Waals surface area (Å²) in [6.45, 7) is 0. The highest BCUT2D eigenvalue weighted by Crippen LogP contribution is 2.21. The number of nitrogens with one attached hydrogen (secondary N) is 1. The Morgan fingerprint density at radius 2 is 1.74 bits per heavy atom. The fourth-order valence-electron chi connectivity index (χ4n) is 1.92. The number of amides is 1. The number of aromatic amines is 1. The third-order valence-corrected chi connectivity index (χ3v) is 4.14. The number of benzene rings is 2. The number of anilines is 1. The number of hydrogen-bond donors (Lipinski definition) is 2. The van der Waals surface area contributed by atoms with Gasteiger partial charge >= 0.3 is 16.2 Å². The second-order valence-electron chi connectivity index (χ2n) is 4.50. The van der Waals surface area contributed by atoms with Crippen LogP contribution in [0.4, 0.5) is 10.7 Å². The molecule has 3 rings (SSSR count). The van der Waals surface area contributed by atoms with Crippen molar-refractivity contribution < 1.29 is 22.6 Å². The van der Waals surface area contributed by atoms with Gasteiger partial charge in [0.05, 0.1) is 15.9 Å². The number of nitrogens with zero attached hydrogens (tertiary/aromatic N) is 2. The zero-order chi connectivity index (χ0) is 16.4. The zero-order valence-corrected chi connectivity index (χ0v) is 12.4. The third kappa shape index (κ3) is 3.00. The molecule has 0 saturated heterocycles. The maximum Gasteiger partial charge on any atom is 0.440 e. The van der Waals surface area contributed by atoms with Gasteiger partial charge in [0.15, 0.2) is 0 Å². The van der Waals surface area contributed by atoms with Gasteiger partial charge in [0, 0.05) is 0 Å². The lowest BCUT2D eigenvalue weighted by atomic mass is 10.3. The predicted octanol–water partition coefficient (Wildman–Crippen LogP) is 2.37. The molecule has 9 heteroatoms. The van der Waals surface area contributed by atoms with Crippen molar-refractivity contribution >= 4 is 33.2 Å². The lowest BCUT2D eigenvalue weighted by molar-refractivity contribution is 0.168. The summed E-state index contributed by atoms with van der Waals surface area (Å²) in [5.41, 5.74) is 1.03. The summed E-state index contributed by atoms with van der Waals surface area (Å²) in [6.07, 6.45) is -1.62. The average Bonchev–Trinajstić information content (AvgIpc) is 2.97. The first-order valence-corrected chi connectivity index (χ1v) is 7.86. The van der Waals surface area contributed by atoms with E-state index in [9.17, 15) is 18.3 Å². The number of rotatable bonds is 4. The Morgan fingerprint density at radius 1 is 1.09 bits per heavy atom. The molecule has 0 bridgehead atoms. The summed E-state index contributed by atoms with van der Waals surface area (Å²) in [7, 11) is -4.31. The van der Waals surface area contributed by atoms with Crippen LogP contribution in [0.5, 0.6) is 0 Å². The Hall–Kier alpha value is -2.91. The molecular formula is C14H11N3O5S. The minimum atomic E-state index is -4.31. The van der Waals surface area contributed by atoms with Crippen molar-refractivity contribution in [2.75, 3.05) is 5.06 Å². The van der Waals surface area contributed by atoms with E-state index >= 15 is 0 Å². The number of carboxylic acid groups (broad SMARTS) is 1. The second-order valence-corrected chi connectivity index (χ2v) is 6.02. The largest absolute Gasteiger partial charge is 0.463 e. The quantitative estimate of drug-likeness (QED) is 0.709. The van der Waals surface area contributed by atoms with Crippen LogP contribution in [-0.4, -0.2) is 29.6 Å². The lowest BCUT2D eigenvalue weighted by Crippen LogP contribution is -2.33. The Labute approximate surface area is 131 Å². The van der Waals surface area contributed by atoms with Crippen molar-refractivity contribution in [2.24, 2.45) is 0 Å². The molecule has 2 aromatic carbocycles. The molecule has 1 aromatic heterocycles. The van der Waals surface area contributed by atoms with Crippen molar-refractivity contribution in [1.82, 2.24) is 9.97 Å². The average molecular weight is 333 g/mol. The number of fused-ring (bicyclic) bond motifs is 1. The molecule has 0 aliphatic carbocycles.